The van der Waals surface area contributed by atoms with Gasteiger partial charge in [-0.1, -0.05) is 6.07 Å². The SMILES string of the molecule is COc1ccc(C(O)CNc2cc(C3CC3)[nH]n2)cc1O. The van der Waals surface area contributed by atoms with E-state index in [9.17, 15) is 10.2 Å². The van der Waals surface area contributed by atoms with Crippen molar-refractivity contribution in [2.75, 3.05) is 19.0 Å². The minimum atomic E-state index is -0.733. The molecule has 21 heavy (non-hydrogen) atoms. The first-order valence-corrected chi connectivity index (χ1v) is 7.01. The number of aliphatic hydroxyl groups excluding tert-OH is 1. The number of H-pyrrole nitrogens is 1. The molecule has 2 aromatic rings. The Kier molecular flexibility index (Phi) is 3.70. The van der Waals surface area contributed by atoms with E-state index in [1.54, 1.807) is 12.1 Å². The minimum absolute atomic E-state index is 0.0184. The topological polar surface area (TPSA) is 90.4 Å². The van der Waals surface area contributed by atoms with Crippen molar-refractivity contribution in [3.05, 3.63) is 35.5 Å². The van der Waals surface area contributed by atoms with Crippen LogP contribution in [0.5, 0.6) is 11.5 Å². The van der Waals surface area contributed by atoms with Gasteiger partial charge in [0.2, 0.25) is 0 Å². The van der Waals surface area contributed by atoms with Crippen LogP contribution < -0.4 is 10.1 Å². The first-order chi connectivity index (χ1) is 10.2. The molecule has 1 aromatic carbocycles. The van der Waals surface area contributed by atoms with Gasteiger partial charge in [0, 0.05) is 24.2 Å². The fourth-order valence-corrected chi connectivity index (χ4v) is 2.26. The van der Waals surface area contributed by atoms with E-state index < -0.39 is 6.10 Å². The van der Waals surface area contributed by atoms with Crippen LogP contribution in [0, 0.1) is 0 Å². The highest BCUT2D eigenvalue weighted by Crippen LogP contribution is 2.39. The van der Waals surface area contributed by atoms with Crippen LogP contribution in [-0.4, -0.2) is 34.1 Å². The molecule has 4 N–H and O–H groups in total. The van der Waals surface area contributed by atoms with Crippen LogP contribution in [0.15, 0.2) is 24.3 Å². The van der Waals surface area contributed by atoms with Crippen LogP contribution in [0.2, 0.25) is 0 Å². The quantitative estimate of drug-likeness (QED) is 0.654. The number of methoxy groups -OCH3 is 1. The lowest BCUT2D eigenvalue weighted by Crippen LogP contribution is -2.12. The van der Waals surface area contributed by atoms with Gasteiger partial charge in [0.1, 0.15) is 5.82 Å². The number of phenolic OH excluding ortho intramolecular Hbond substituents is 1. The highest BCUT2D eigenvalue weighted by molar-refractivity contribution is 5.43. The van der Waals surface area contributed by atoms with Gasteiger partial charge in [0.15, 0.2) is 11.5 Å². The third-order valence-corrected chi connectivity index (χ3v) is 3.68. The number of aromatic amines is 1. The van der Waals surface area contributed by atoms with Gasteiger partial charge in [0.25, 0.3) is 0 Å². The normalized spacial score (nSPS) is 15.7. The predicted octanol–water partition coefficient (Wildman–Crippen LogP) is 2.15. The van der Waals surface area contributed by atoms with Crippen LogP contribution in [0.1, 0.15) is 36.1 Å². The molecular formula is C15H19N3O3. The Morgan fingerprint density at radius 2 is 2.24 bits per heavy atom. The average molecular weight is 289 g/mol. The predicted molar refractivity (Wildman–Crippen MR) is 78.7 cm³/mol. The molecule has 1 aliphatic carbocycles. The first-order valence-electron chi connectivity index (χ1n) is 7.01. The van der Waals surface area contributed by atoms with E-state index in [-0.39, 0.29) is 5.75 Å². The number of anilines is 1. The summed E-state index contributed by atoms with van der Waals surface area (Å²) < 4.78 is 4.98. The van der Waals surface area contributed by atoms with Crippen LogP contribution in [-0.2, 0) is 0 Å². The molecule has 1 atom stereocenters. The van der Waals surface area contributed by atoms with Gasteiger partial charge in [-0.05, 0) is 30.5 Å². The van der Waals surface area contributed by atoms with E-state index in [1.165, 1.54) is 26.0 Å². The van der Waals surface area contributed by atoms with E-state index in [0.29, 0.717) is 23.8 Å². The smallest absolute Gasteiger partial charge is 0.160 e. The highest BCUT2D eigenvalue weighted by Gasteiger charge is 2.25. The molecule has 0 bridgehead atoms. The molecule has 1 aliphatic rings. The number of benzene rings is 1. The summed E-state index contributed by atoms with van der Waals surface area (Å²) in [5.41, 5.74) is 1.77. The molecule has 1 aromatic heterocycles. The second kappa shape index (κ2) is 5.65. The molecule has 0 aliphatic heterocycles. The van der Waals surface area contributed by atoms with Gasteiger partial charge in [-0.3, -0.25) is 5.10 Å². The van der Waals surface area contributed by atoms with E-state index in [2.05, 4.69) is 15.5 Å². The summed E-state index contributed by atoms with van der Waals surface area (Å²) in [5.74, 6) is 1.76. The largest absolute Gasteiger partial charge is 0.504 e. The van der Waals surface area contributed by atoms with Gasteiger partial charge in [-0.25, -0.2) is 0 Å². The molecule has 6 heteroatoms. The second-order valence-electron chi connectivity index (χ2n) is 5.31. The Balaban J connectivity index is 1.59. The number of aromatic nitrogens is 2. The summed E-state index contributed by atoms with van der Waals surface area (Å²) in [4.78, 5) is 0. The fourth-order valence-electron chi connectivity index (χ4n) is 2.26. The number of ether oxygens (including phenoxy) is 1. The zero-order chi connectivity index (χ0) is 14.8. The van der Waals surface area contributed by atoms with E-state index in [4.69, 9.17) is 4.74 Å². The third-order valence-electron chi connectivity index (χ3n) is 3.68. The fraction of sp³-hybridized carbons (Fsp3) is 0.400. The molecule has 1 fully saturated rings. The Morgan fingerprint density at radius 1 is 1.43 bits per heavy atom. The lowest BCUT2D eigenvalue weighted by molar-refractivity contribution is 0.191. The number of aromatic hydroxyl groups is 1. The molecule has 3 rings (SSSR count). The lowest BCUT2D eigenvalue weighted by atomic mass is 10.1. The molecule has 1 unspecified atom stereocenters. The molecule has 0 spiro atoms. The van der Waals surface area contributed by atoms with Gasteiger partial charge in [0.05, 0.1) is 13.2 Å². The molecule has 6 nitrogen and oxygen atoms in total. The van der Waals surface area contributed by atoms with E-state index in [0.717, 1.165) is 11.5 Å². The van der Waals surface area contributed by atoms with Crippen molar-refractivity contribution < 1.29 is 14.9 Å². The number of rotatable bonds is 6. The zero-order valence-electron chi connectivity index (χ0n) is 11.8. The van der Waals surface area contributed by atoms with E-state index >= 15 is 0 Å². The summed E-state index contributed by atoms with van der Waals surface area (Å²) in [6.45, 7) is 0.320. The standard InChI is InChI=1S/C15H19N3O3/c1-21-14-5-4-10(6-12(14)19)13(20)8-16-15-7-11(17-18-15)9-2-3-9/h4-7,9,13,19-20H,2-3,8H2,1H3,(H2,16,17,18). The van der Waals surface area contributed by atoms with Crippen LogP contribution >= 0.6 is 0 Å². The van der Waals surface area contributed by atoms with Crippen molar-refractivity contribution in [3.63, 3.8) is 0 Å². The first kappa shape index (κ1) is 13.8. The summed E-state index contributed by atoms with van der Waals surface area (Å²) in [6.07, 6.45) is 1.70. The van der Waals surface area contributed by atoms with Gasteiger partial charge in [-0.2, -0.15) is 5.10 Å². The van der Waals surface area contributed by atoms with Gasteiger partial charge in [-0.15, -0.1) is 0 Å². The Hall–Kier alpha value is -2.21. The number of hydrogen-bond acceptors (Lipinski definition) is 5. The number of phenols is 1. The number of aliphatic hydroxyl groups is 1. The third kappa shape index (κ3) is 3.11. The van der Waals surface area contributed by atoms with Crippen molar-refractivity contribution in [3.8, 4) is 11.5 Å². The molecule has 1 saturated carbocycles. The van der Waals surface area contributed by atoms with Crippen molar-refractivity contribution in [1.82, 2.24) is 10.2 Å². The van der Waals surface area contributed by atoms with Crippen molar-refractivity contribution in [2.45, 2.75) is 24.9 Å². The summed E-state index contributed by atoms with van der Waals surface area (Å²) in [7, 11) is 1.49. The summed E-state index contributed by atoms with van der Waals surface area (Å²) in [6, 6.07) is 6.85. The molecule has 0 radical (unpaired) electrons. The van der Waals surface area contributed by atoms with Crippen molar-refractivity contribution >= 4 is 5.82 Å². The maximum absolute atomic E-state index is 10.1. The number of nitrogens with one attached hydrogen (secondary N) is 2. The van der Waals surface area contributed by atoms with Gasteiger partial charge < -0.3 is 20.3 Å². The summed E-state index contributed by atoms with van der Waals surface area (Å²) >= 11 is 0. The summed E-state index contributed by atoms with van der Waals surface area (Å²) in [5, 5.41) is 30.1. The zero-order valence-corrected chi connectivity index (χ0v) is 11.8. The van der Waals surface area contributed by atoms with Crippen LogP contribution in [0.3, 0.4) is 0 Å². The molecular weight excluding hydrogens is 270 g/mol. The van der Waals surface area contributed by atoms with Crippen LogP contribution in [0.4, 0.5) is 5.82 Å². The molecule has 1 heterocycles. The molecule has 112 valence electrons. The highest BCUT2D eigenvalue weighted by atomic mass is 16.5. The maximum atomic E-state index is 10.1. The monoisotopic (exact) mass is 289 g/mol. The molecule has 0 amide bonds. The average Bonchev–Trinajstić information content (AvgIpc) is 3.23. The second-order valence-corrected chi connectivity index (χ2v) is 5.31. The Bertz CT molecular complexity index is 622. The Labute approximate surface area is 122 Å². The van der Waals surface area contributed by atoms with E-state index in [1.807, 2.05) is 6.07 Å². The number of hydrogen-bond donors (Lipinski definition) is 4. The lowest BCUT2D eigenvalue weighted by Gasteiger charge is -2.13. The maximum Gasteiger partial charge on any atom is 0.160 e. The van der Waals surface area contributed by atoms with Gasteiger partial charge >= 0.3 is 0 Å². The minimum Gasteiger partial charge on any atom is -0.504 e. The molecule has 0 saturated heterocycles. The van der Waals surface area contributed by atoms with Crippen LogP contribution in [0.25, 0.3) is 0 Å². The Morgan fingerprint density at radius 3 is 2.90 bits per heavy atom. The number of nitrogens with zero attached hydrogens (tertiary/aromatic N) is 1. The van der Waals surface area contributed by atoms with Crippen molar-refractivity contribution in [2.24, 2.45) is 0 Å². The van der Waals surface area contributed by atoms with Crippen molar-refractivity contribution in [1.29, 1.82) is 0 Å².